The molecule has 2 aliphatic rings. The van der Waals surface area contributed by atoms with E-state index < -0.39 is 0 Å². The number of aryl methyl sites for hydroxylation is 1. The lowest BCUT2D eigenvalue weighted by Crippen LogP contribution is -2.25. The minimum atomic E-state index is 0.656. The summed E-state index contributed by atoms with van der Waals surface area (Å²) < 4.78 is 0. The van der Waals surface area contributed by atoms with Gasteiger partial charge in [-0.15, -0.1) is 11.3 Å². The number of rotatable bonds is 5. The van der Waals surface area contributed by atoms with Crippen LogP contribution in [0, 0.1) is 5.92 Å². The van der Waals surface area contributed by atoms with Crippen molar-refractivity contribution < 1.29 is 0 Å². The van der Waals surface area contributed by atoms with Crippen molar-refractivity contribution in [2.24, 2.45) is 5.92 Å². The number of nitrogens with one attached hydrogen (secondary N) is 1. The zero-order chi connectivity index (χ0) is 12.2. The average molecular weight is 263 g/mol. The Bertz CT molecular complexity index is 365. The van der Waals surface area contributed by atoms with Crippen molar-refractivity contribution in [2.75, 3.05) is 6.54 Å². The fourth-order valence-corrected chi connectivity index (χ4v) is 4.65. The van der Waals surface area contributed by atoms with E-state index >= 15 is 0 Å². The summed E-state index contributed by atoms with van der Waals surface area (Å²) in [6, 6.07) is 3.00. The first-order valence-corrected chi connectivity index (χ1v) is 8.61. The third-order valence-electron chi connectivity index (χ3n) is 4.71. The van der Waals surface area contributed by atoms with Gasteiger partial charge in [-0.25, -0.2) is 0 Å². The number of thiophene rings is 1. The zero-order valence-electron chi connectivity index (χ0n) is 11.3. The zero-order valence-corrected chi connectivity index (χ0v) is 12.1. The smallest absolute Gasteiger partial charge is 0.0331 e. The number of fused-ring (bicyclic) bond motifs is 1. The first kappa shape index (κ1) is 12.7. The normalized spacial score (nSPS) is 24.3. The predicted molar refractivity (Wildman–Crippen MR) is 79.2 cm³/mol. The fraction of sp³-hybridized carbons (Fsp3) is 0.750. The molecule has 0 amide bonds. The van der Waals surface area contributed by atoms with Crippen LogP contribution < -0.4 is 5.32 Å². The summed E-state index contributed by atoms with van der Waals surface area (Å²) in [6.45, 7) is 1.22. The van der Waals surface area contributed by atoms with Gasteiger partial charge in [0.15, 0.2) is 0 Å². The molecular weight excluding hydrogens is 238 g/mol. The average Bonchev–Trinajstić information content (AvgIpc) is 3.05. The van der Waals surface area contributed by atoms with Crippen LogP contribution in [-0.2, 0) is 6.42 Å². The van der Waals surface area contributed by atoms with E-state index in [1.54, 1.807) is 10.4 Å². The summed E-state index contributed by atoms with van der Waals surface area (Å²) in [4.78, 5) is 1.63. The van der Waals surface area contributed by atoms with Gasteiger partial charge >= 0.3 is 0 Å². The topological polar surface area (TPSA) is 12.0 Å². The molecule has 2 heteroatoms. The molecule has 1 atom stereocenters. The Hall–Kier alpha value is -0.340. The fourth-order valence-electron chi connectivity index (χ4n) is 3.66. The van der Waals surface area contributed by atoms with Gasteiger partial charge in [-0.05, 0) is 61.6 Å². The minimum Gasteiger partial charge on any atom is -0.310 e. The maximum Gasteiger partial charge on any atom is 0.0331 e. The van der Waals surface area contributed by atoms with Crippen LogP contribution in [0.3, 0.4) is 0 Å². The van der Waals surface area contributed by atoms with Crippen molar-refractivity contribution in [1.82, 2.24) is 5.32 Å². The Balaban J connectivity index is 1.41. The van der Waals surface area contributed by atoms with Crippen molar-refractivity contribution in [3.8, 4) is 0 Å². The van der Waals surface area contributed by atoms with Crippen LogP contribution in [0.25, 0.3) is 0 Å². The van der Waals surface area contributed by atoms with E-state index in [0.29, 0.717) is 6.04 Å². The summed E-state index contributed by atoms with van der Waals surface area (Å²) in [5.74, 6) is 1.05. The predicted octanol–water partition coefficient (Wildman–Crippen LogP) is 4.69. The number of hydrogen-bond acceptors (Lipinski definition) is 2. The molecule has 0 spiro atoms. The molecule has 1 unspecified atom stereocenters. The lowest BCUT2D eigenvalue weighted by atomic mass is 9.94. The van der Waals surface area contributed by atoms with Crippen LogP contribution in [0.5, 0.6) is 0 Å². The van der Waals surface area contributed by atoms with E-state index in [9.17, 15) is 0 Å². The van der Waals surface area contributed by atoms with Crippen molar-refractivity contribution >= 4 is 11.3 Å². The van der Waals surface area contributed by atoms with Crippen LogP contribution >= 0.6 is 11.3 Å². The molecule has 0 aliphatic heterocycles. The molecule has 1 aromatic heterocycles. The maximum atomic E-state index is 3.79. The van der Waals surface area contributed by atoms with E-state index in [-0.39, 0.29) is 0 Å². The highest BCUT2D eigenvalue weighted by atomic mass is 32.1. The summed E-state index contributed by atoms with van der Waals surface area (Å²) in [5.41, 5.74) is 1.60. The summed E-state index contributed by atoms with van der Waals surface area (Å²) in [5, 5.41) is 6.06. The Kier molecular flexibility index (Phi) is 4.37. The lowest BCUT2D eigenvalue weighted by Gasteiger charge is -2.24. The first-order valence-electron chi connectivity index (χ1n) is 7.73. The third kappa shape index (κ3) is 2.97. The van der Waals surface area contributed by atoms with Gasteiger partial charge in [0.2, 0.25) is 0 Å². The molecule has 0 aromatic carbocycles. The lowest BCUT2D eigenvalue weighted by molar-refractivity contribution is 0.424. The van der Waals surface area contributed by atoms with E-state index in [1.807, 2.05) is 11.3 Å². The van der Waals surface area contributed by atoms with E-state index in [2.05, 4.69) is 16.8 Å². The summed E-state index contributed by atoms with van der Waals surface area (Å²) >= 11 is 1.95. The van der Waals surface area contributed by atoms with Gasteiger partial charge in [-0.2, -0.15) is 0 Å². The standard InChI is InChI=1S/C16H25NS/c1-2-6-13(5-1)7-4-11-17-15-8-3-9-16-14(15)10-12-18-16/h10,12-13,15,17H,1-9,11H2. The Morgan fingerprint density at radius 2 is 2.06 bits per heavy atom. The highest BCUT2D eigenvalue weighted by Crippen LogP contribution is 2.33. The van der Waals surface area contributed by atoms with Gasteiger partial charge in [0.25, 0.3) is 0 Å². The Morgan fingerprint density at radius 1 is 1.17 bits per heavy atom. The van der Waals surface area contributed by atoms with Crippen molar-refractivity contribution in [2.45, 2.75) is 63.8 Å². The second-order valence-electron chi connectivity index (χ2n) is 5.99. The van der Waals surface area contributed by atoms with Crippen LogP contribution in [-0.4, -0.2) is 6.54 Å². The molecule has 1 heterocycles. The second-order valence-corrected chi connectivity index (χ2v) is 6.99. The SMILES string of the molecule is c1cc2c(s1)CCCC2NCCCC1CCCC1. The molecule has 3 rings (SSSR count). The first-order chi connectivity index (χ1) is 8.93. The van der Waals surface area contributed by atoms with Crippen molar-refractivity contribution in [1.29, 1.82) is 0 Å². The minimum absolute atomic E-state index is 0.656. The van der Waals surface area contributed by atoms with Gasteiger partial charge in [-0.3, -0.25) is 0 Å². The molecule has 1 saturated carbocycles. The van der Waals surface area contributed by atoms with Gasteiger partial charge in [0, 0.05) is 10.9 Å². The quantitative estimate of drug-likeness (QED) is 0.760. The summed E-state index contributed by atoms with van der Waals surface area (Å²) in [6.07, 6.45) is 12.8. The molecule has 1 N–H and O–H groups in total. The van der Waals surface area contributed by atoms with Gasteiger partial charge in [-0.1, -0.05) is 25.7 Å². The molecule has 100 valence electrons. The largest absolute Gasteiger partial charge is 0.310 e. The molecule has 0 saturated heterocycles. The van der Waals surface area contributed by atoms with E-state index in [1.165, 1.54) is 64.3 Å². The second kappa shape index (κ2) is 6.21. The van der Waals surface area contributed by atoms with E-state index in [4.69, 9.17) is 0 Å². The van der Waals surface area contributed by atoms with Gasteiger partial charge in [0.05, 0.1) is 0 Å². The maximum absolute atomic E-state index is 3.79. The Morgan fingerprint density at radius 3 is 2.94 bits per heavy atom. The third-order valence-corrected chi connectivity index (χ3v) is 5.70. The van der Waals surface area contributed by atoms with Crippen LogP contribution in [0.15, 0.2) is 11.4 Å². The molecular formula is C16H25NS. The van der Waals surface area contributed by atoms with E-state index in [0.717, 1.165) is 5.92 Å². The molecule has 0 radical (unpaired) electrons. The van der Waals surface area contributed by atoms with Crippen molar-refractivity contribution in [3.05, 3.63) is 21.9 Å². The molecule has 18 heavy (non-hydrogen) atoms. The molecule has 0 bridgehead atoms. The van der Waals surface area contributed by atoms with Crippen LogP contribution in [0.1, 0.15) is 67.8 Å². The molecule has 1 nitrogen and oxygen atoms in total. The molecule has 1 fully saturated rings. The van der Waals surface area contributed by atoms with Crippen LogP contribution in [0.2, 0.25) is 0 Å². The molecule has 2 aliphatic carbocycles. The highest BCUT2D eigenvalue weighted by Gasteiger charge is 2.20. The Labute approximate surface area is 115 Å². The van der Waals surface area contributed by atoms with Gasteiger partial charge in [0.1, 0.15) is 0 Å². The van der Waals surface area contributed by atoms with Crippen molar-refractivity contribution in [3.63, 3.8) is 0 Å². The number of hydrogen-bond donors (Lipinski definition) is 1. The summed E-state index contributed by atoms with van der Waals surface area (Å²) in [7, 11) is 0. The van der Waals surface area contributed by atoms with Crippen LogP contribution in [0.4, 0.5) is 0 Å². The van der Waals surface area contributed by atoms with Gasteiger partial charge < -0.3 is 5.32 Å². The molecule has 1 aromatic rings. The monoisotopic (exact) mass is 263 g/mol. The highest BCUT2D eigenvalue weighted by molar-refractivity contribution is 7.10.